The topological polar surface area (TPSA) is 69.6 Å². The number of carbonyl (C=O) groups excluding carboxylic acids is 1. The average molecular weight is 234 g/mol. The number of carbonyl (C=O) groups is 2. The van der Waals surface area contributed by atoms with Crippen LogP contribution < -0.4 is 5.43 Å². The van der Waals surface area contributed by atoms with Crippen LogP contribution in [0, 0.1) is 0 Å². The lowest BCUT2D eigenvalue weighted by atomic mass is 10.1. The Morgan fingerprint density at radius 2 is 1.82 bits per heavy atom. The van der Waals surface area contributed by atoms with Crippen LogP contribution in [0.25, 0.3) is 6.08 Å². The Balaban J connectivity index is 2.74. The third-order valence-corrected chi connectivity index (χ3v) is 1.92. The van der Waals surface area contributed by atoms with Crippen LogP contribution in [-0.4, -0.2) is 36.1 Å². The number of amides is 1. The first-order valence-electron chi connectivity index (χ1n) is 4.98. The summed E-state index contributed by atoms with van der Waals surface area (Å²) in [4.78, 5) is 21.9. The van der Waals surface area contributed by atoms with Gasteiger partial charge in [-0.05, 0) is 23.8 Å². The molecule has 2 N–H and O–H groups in total. The third-order valence-electron chi connectivity index (χ3n) is 1.92. The van der Waals surface area contributed by atoms with Crippen molar-refractivity contribution in [2.45, 2.75) is 0 Å². The van der Waals surface area contributed by atoms with Crippen molar-refractivity contribution in [2.75, 3.05) is 14.1 Å². The zero-order valence-corrected chi connectivity index (χ0v) is 9.68. The number of aliphatic carboxylic acids is 1. The first kappa shape index (κ1) is 12.9. The predicted molar refractivity (Wildman–Crippen MR) is 64.3 cm³/mol. The highest BCUT2D eigenvalue weighted by Crippen LogP contribution is 2.06. The van der Waals surface area contributed by atoms with E-state index < -0.39 is 5.97 Å². The van der Waals surface area contributed by atoms with Crippen LogP contribution >= 0.6 is 0 Å². The zero-order valence-electron chi connectivity index (χ0n) is 9.68. The van der Waals surface area contributed by atoms with E-state index in [1.807, 2.05) is 0 Å². The molecule has 0 saturated heterocycles. The molecule has 0 fully saturated rings. The number of carboxylic acid groups (broad SMARTS) is 1. The van der Waals surface area contributed by atoms with Crippen LogP contribution in [0.5, 0.6) is 0 Å². The SMILES string of the molecule is CN(C)NC(=O)c1ccc(/C=C/C(=O)O)cc1. The molecule has 5 heteroatoms. The Morgan fingerprint density at radius 1 is 1.24 bits per heavy atom. The van der Waals surface area contributed by atoms with Crippen molar-refractivity contribution >= 4 is 18.0 Å². The first-order valence-corrected chi connectivity index (χ1v) is 4.98. The molecule has 0 saturated carbocycles. The van der Waals surface area contributed by atoms with Gasteiger partial charge in [-0.1, -0.05) is 12.1 Å². The second-order valence-electron chi connectivity index (χ2n) is 3.63. The Kier molecular flexibility index (Phi) is 4.42. The number of rotatable bonds is 4. The normalized spacial score (nSPS) is 10.8. The largest absolute Gasteiger partial charge is 0.478 e. The monoisotopic (exact) mass is 234 g/mol. The van der Waals surface area contributed by atoms with Crippen LogP contribution in [-0.2, 0) is 4.79 Å². The minimum absolute atomic E-state index is 0.205. The molecule has 0 bridgehead atoms. The van der Waals surface area contributed by atoms with E-state index in [4.69, 9.17) is 5.11 Å². The van der Waals surface area contributed by atoms with Crippen molar-refractivity contribution in [3.05, 3.63) is 41.5 Å². The highest BCUT2D eigenvalue weighted by atomic mass is 16.4. The Labute approximate surface area is 99.3 Å². The van der Waals surface area contributed by atoms with Gasteiger partial charge in [0.1, 0.15) is 0 Å². The molecule has 0 spiro atoms. The van der Waals surface area contributed by atoms with Gasteiger partial charge in [0.25, 0.3) is 5.91 Å². The van der Waals surface area contributed by atoms with Crippen LogP contribution in [0.3, 0.4) is 0 Å². The molecular weight excluding hydrogens is 220 g/mol. The molecule has 1 aromatic rings. The summed E-state index contributed by atoms with van der Waals surface area (Å²) in [6, 6.07) is 6.65. The van der Waals surface area contributed by atoms with Crippen molar-refractivity contribution in [1.82, 2.24) is 10.4 Å². The van der Waals surface area contributed by atoms with Crippen molar-refractivity contribution < 1.29 is 14.7 Å². The fourth-order valence-corrected chi connectivity index (χ4v) is 1.18. The van der Waals surface area contributed by atoms with Gasteiger partial charge >= 0.3 is 5.97 Å². The van der Waals surface area contributed by atoms with Gasteiger partial charge in [0.15, 0.2) is 0 Å². The number of nitrogens with zero attached hydrogens (tertiary/aromatic N) is 1. The van der Waals surface area contributed by atoms with Gasteiger partial charge in [-0.25, -0.2) is 9.80 Å². The number of nitrogens with one attached hydrogen (secondary N) is 1. The van der Waals surface area contributed by atoms with E-state index >= 15 is 0 Å². The lowest BCUT2D eigenvalue weighted by Gasteiger charge is -2.11. The highest BCUT2D eigenvalue weighted by molar-refractivity contribution is 5.94. The minimum Gasteiger partial charge on any atom is -0.478 e. The molecule has 90 valence electrons. The van der Waals surface area contributed by atoms with Crippen LogP contribution in [0.2, 0.25) is 0 Å². The summed E-state index contributed by atoms with van der Waals surface area (Å²) >= 11 is 0. The van der Waals surface area contributed by atoms with Gasteiger partial charge in [-0.3, -0.25) is 10.2 Å². The quantitative estimate of drug-likeness (QED) is 0.602. The predicted octanol–water partition coefficient (Wildman–Crippen LogP) is 0.991. The summed E-state index contributed by atoms with van der Waals surface area (Å²) in [5, 5.41) is 10.0. The van der Waals surface area contributed by atoms with Crippen LogP contribution in [0.4, 0.5) is 0 Å². The second-order valence-corrected chi connectivity index (χ2v) is 3.63. The third kappa shape index (κ3) is 4.48. The Bertz CT molecular complexity index is 436. The molecule has 0 aliphatic carbocycles. The fourth-order valence-electron chi connectivity index (χ4n) is 1.18. The molecule has 1 amide bonds. The summed E-state index contributed by atoms with van der Waals surface area (Å²) < 4.78 is 0. The lowest BCUT2D eigenvalue weighted by Crippen LogP contribution is -2.36. The maximum Gasteiger partial charge on any atom is 0.328 e. The van der Waals surface area contributed by atoms with E-state index in [1.54, 1.807) is 43.4 Å². The van der Waals surface area contributed by atoms with E-state index in [-0.39, 0.29) is 5.91 Å². The van der Waals surface area contributed by atoms with E-state index in [9.17, 15) is 9.59 Å². The Morgan fingerprint density at radius 3 is 2.29 bits per heavy atom. The molecular formula is C12H14N2O3. The smallest absolute Gasteiger partial charge is 0.328 e. The number of benzene rings is 1. The molecule has 0 atom stereocenters. The zero-order chi connectivity index (χ0) is 12.8. The minimum atomic E-state index is -1.00. The summed E-state index contributed by atoms with van der Waals surface area (Å²) in [6.07, 6.45) is 2.52. The molecule has 5 nitrogen and oxygen atoms in total. The van der Waals surface area contributed by atoms with Gasteiger partial charge in [0.05, 0.1) is 0 Å². The summed E-state index contributed by atoms with van der Waals surface area (Å²) in [5.41, 5.74) is 3.86. The van der Waals surface area contributed by atoms with E-state index in [0.29, 0.717) is 5.56 Å². The molecule has 0 aromatic heterocycles. The maximum absolute atomic E-state index is 11.6. The first-order chi connectivity index (χ1) is 7.99. The molecule has 0 aliphatic rings. The van der Waals surface area contributed by atoms with Crippen molar-refractivity contribution in [3.8, 4) is 0 Å². The molecule has 17 heavy (non-hydrogen) atoms. The van der Waals surface area contributed by atoms with Crippen molar-refractivity contribution in [2.24, 2.45) is 0 Å². The van der Waals surface area contributed by atoms with Crippen molar-refractivity contribution in [3.63, 3.8) is 0 Å². The van der Waals surface area contributed by atoms with Crippen LogP contribution in [0.1, 0.15) is 15.9 Å². The van der Waals surface area contributed by atoms with Gasteiger partial charge < -0.3 is 5.11 Å². The molecule has 0 unspecified atom stereocenters. The van der Waals surface area contributed by atoms with E-state index in [0.717, 1.165) is 11.6 Å². The number of hydrogen-bond acceptors (Lipinski definition) is 3. The molecule has 1 aromatic carbocycles. The lowest BCUT2D eigenvalue weighted by molar-refractivity contribution is -0.131. The van der Waals surface area contributed by atoms with Gasteiger partial charge in [-0.15, -0.1) is 0 Å². The highest BCUT2D eigenvalue weighted by Gasteiger charge is 2.04. The van der Waals surface area contributed by atoms with Crippen LogP contribution in [0.15, 0.2) is 30.3 Å². The number of hydrogen-bond donors (Lipinski definition) is 2. The van der Waals surface area contributed by atoms with Gasteiger partial charge in [-0.2, -0.15) is 0 Å². The molecule has 1 rings (SSSR count). The maximum atomic E-state index is 11.6. The second kappa shape index (κ2) is 5.81. The fraction of sp³-hybridized carbons (Fsp3) is 0.167. The van der Waals surface area contributed by atoms with Crippen molar-refractivity contribution in [1.29, 1.82) is 0 Å². The molecule has 0 aliphatic heterocycles. The van der Waals surface area contributed by atoms with Gasteiger partial charge in [0.2, 0.25) is 0 Å². The Hall–Kier alpha value is -2.14. The average Bonchev–Trinajstić information content (AvgIpc) is 2.26. The number of carboxylic acids is 1. The standard InChI is InChI=1S/C12H14N2O3/c1-14(2)13-12(17)10-6-3-9(4-7-10)5-8-11(15)16/h3-8H,1-2H3,(H,13,17)(H,15,16)/b8-5+. The summed E-state index contributed by atoms with van der Waals surface area (Å²) in [7, 11) is 3.45. The van der Waals surface area contributed by atoms with Gasteiger partial charge in [0, 0.05) is 25.7 Å². The van der Waals surface area contributed by atoms with E-state index in [1.165, 1.54) is 6.08 Å². The number of hydrazine groups is 1. The summed E-state index contributed by atoms with van der Waals surface area (Å²) in [5.74, 6) is -1.21. The summed E-state index contributed by atoms with van der Waals surface area (Å²) in [6.45, 7) is 0. The van der Waals surface area contributed by atoms with E-state index in [2.05, 4.69) is 5.43 Å². The molecule has 0 radical (unpaired) electrons. The molecule has 0 heterocycles.